The van der Waals surface area contributed by atoms with Crippen molar-refractivity contribution in [3.63, 3.8) is 0 Å². The van der Waals surface area contributed by atoms with Crippen molar-refractivity contribution in [3.05, 3.63) is 133 Å². The summed E-state index contributed by atoms with van der Waals surface area (Å²) in [6, 6.07) is 9.01. The molecule has 1 saturated heterocycles. The fraction of sp³-hybridized carbons (Fsp3) is 0.550. The summed E-state index contributed by atoms with van der Waals surface area (Å²) in [5.74, 6) is -0.634. The number of likely N-dealkylation sites (N-methyl/N-ethyl adjacent to an activating group) is 2. The number of fused-ring (bicyclic) bond motifs is 1. The van der Waals surface area contributed by atoms with Crippen LogP contribution in [0.3, 0.4) is 0 Å². The van der Waals surface area contributed by atoms with Gasteiger partial charge < -0.3 is 48.7 Å². The number of benzene rings is 2. The summed E-state index contributed by atoms with van der Waals surface area (Å²) in [6.45, 7) is 8.44. The number of ether oxygens (including phenoxy) is 4. The third-order valence-corrected chi connectivity index (χ3v) is 16.2. The Morgan fingerprint density at radius 1 is 0.815 bits per heavy atom. The molecule has 5 aliphatic carbocycles. The molecule has 434 valence electrons. The smallest absolute Gasteiger partial charge is 0.419 e. The monoisotopic (exact) mass is 1120 g/mol. The third-order valence-electron chi connectivity index (χ3n) is 16.2. The summed E-state index contributed by atoms with van der Waals surface area (Å²) in [5.41, 5.74) is 10.9. The predicted octanol–water partition coefficient (Wildman–Crippen LogP) is 7.69. The number of anilines is 1. The van der Waals surface area contributed by atoms with Crippen LogP contribution < -0.4 is 22.0 Å². The zero-order valence-electron chi connectivity index (χ0n) is 47.1. The quantitative estimate of drug-likeness (QED) is 0.0287. The van der Waals surface area contributed by atoms with E-state index < -0.39 is 41.1 Å². The third kappa shape index (κ3) is 14.6. The van der Waals surface area contributed by atoms with Gasteiger partial charge in [0.15, 0.2) is 0 Å². The Kier molecular flexibility index (Phi) is 20.2. The van der Waals surface area contributed by atoms with Crippen LogP contribution in [0, 0.1) is 23.7 Å². The molecular formula is C60H77N9O12. The first-order valence-corrected chi connectivity index (χ1v) is 28.3. The van der Waals surface area contributed by atoms with Crippen LogP contribution in [0.5, 0.6) is 0 Å². The number of aromatic nitrogens is 1. The number of rotatable bonds is 27. The molecule has 4 unspecified atom stereocenters. The summed E-state index contributed by atoms with van der Waals surface area (Å²) in [5, 5.41) is 9.86. The number of H-pyrrole nitrogens is 1. The Morgan fingerprint density at radius 2 is 1.46 bits per heavy atom. The van der Waals surface area contributed by atoms with Crippen molar-refractivity contribution in [2.24, 2.45) is 28.8 Å². The molecule has 3 N–H and O–H groups in total. The molecule has 1 saturated carbocycles. The highest BCUT2D eigenvalue weighted by Crippen LogP contribution is 2.68. The molecule has 9 rings (SSSR count). The largest absolute Gasteiger partial charge is 0.444 e. The van der Waals surface area contributed by atoms with Gasteiger partial charge in [0.2, 0.25) is 17.7 Å². The van der Waals surface area contributed by atoms with E-state index in [1.807, 2.05) is 33.9 Å². The van der Waals surface area contributed by atoms with Crippen LogP contribution >= 0.6 is 0 Å². The van der Waals surface area contributed by atoms with Crippen LogP contribution in [-0.2, 0) is 38.7 Å². The number of allylic oxidation sites excluding steroid dienone is 8. The summed E-state index contributed by atoms with van der Waals surface area (Å²) in [6.07, 6.45) is 23.6. The second-order valence-electron chi connectivity index (χ2n) is 22.7. The van der Waals surface area contributed by atoms with Crippen LogP contribution in [0.25, 0.3) is 21.3 Å². The van der Waals surface area contributed by atoms with E-state index in [1.165, 1.54) is 39.1 Å². The summed E-state index contributed by atoms with van der Waals surface area (Å²) in [7, 11) is 3.41. The number of hydrogen-bond acceptors (Lipinski definition) is 13. The number of azide groups is 1. The highest BCUT2D eigenvalue weighted by Gasteiger charge is 2.62. The van der Waals surface area contributed by atoms with Gasteiger partial charge in [0, 0.05) is 74.7 Å². The lowest BCUT2D eigenvalue weighted by Gasteiger charge is -2.63. The number of hydrogen-bond donors (Lipinski definition) is 3. The van der Waals surface area contributed by atoms with Crippen molar-refractivity contribution >= 4 is 46.3 Å². The molecule has 0 spiro atoms. The van der Waals surface area contributed by atoms with E-state index in [0.29, 0.717) is 52.2 Å². The Balaban J connectivity index is 0.749. The topological polar surface area (TPSA) is 268 Å². The molecule has 2 bridgehead atoms. The van der Waals surface area contributed by atoms with E-state index in [1.54, 1.807) is 11.9 Å². The lowest BCUT2D eigenvalue weighted by molar-refractivity contribution is -0.134. The Hall–Kier alpha value is -7.32. The number of amides is 5. The lowest BCUT2D eigenvalue weighted by Crippen LogP contribution is -2.59. The zero-order chi connectivity index (χ0) is 57.7. The molecule has 5 amide bonds. The molecule has 2 aromatic carbocycles. The number of carbonyl (C=O) groups is 5. The second kappa shape index (κ2) is 27.4. The molecule has 0 radical (unpaired) electrons. The Morgan fingerprint density at radius 3 is 2.14 bits per heavy atom. The number of unbranched alkanes of at least 4 members (excludes halogenated alkanes) is 4. The van der Waals surface area contributed by atoms with Crippen LogP contribution in [0.4, 0.5) is 10.5 Å². The SMILES string of the molecule is CN(CCOCCOCCOCCN(C)C(=O)[C@@H]1C[C@H](N=[N+]=[N-])CN1C(=O)c1ccc2c(=O)oc(=O)[nH]c2c1)C(=O)CCC12c3cc(NC(=O)CCCCCCCNC(=O)OC(C)(C)C)ccc3C(C3C=CC=CC31)C1C=CC=CC12. The van der Waals surface area contributed by atoms with Gasteiger partial charge in [0.25, 0.3) is 5.91 Å². The van der Waals surface area contributed by atoms with E-state index in [9.17, 15) is 33.6 Å². The van der Waals surface area contributed by atoms with E-state index >= 15 is 0 Å². The summed E-state index contributed by atoms with van der Waals surface area (Å²) in [4.78, 5) is 100. The average Bonchev–Trinajstić information content (AvgIpc) is 4.04. The number of likely N-dealkylation sites (tertiary alicyclic amines) is 1. The van der Waals surface area contributed by atoms with Crippen LogP contribution in [-0.4, -0.2) is 147 Å². The van der Waals surface area contributed by atoms with Gasteiger partial charge in [-0.05, 0) is 123 Å². The molecule has 1 aromatic heterocycles. The molecular weight excluding hydrogens is 1040 g/mol. The fourth-order valence-corrected chi connectivity index (χ4v) is 12.4. The van der Waals surface area contributed by atoms with Crippen molar-refractivity contribution in [1.82, 2.24) is 25.0 Å². The highest BCUT2D eigenvalue weighted by atomic mass is 16.6. The first kappa shape index (κ1) is 59.8. The molecule has 3 aromatic rings. The van der Waals surface area contributed by atoms with Gasteiger partial charge in [0.1, 0.15) is 11.6 Å². The minimum absolute atomic E-state index is 0.00736. The minimum atomic E-state index is -0.965. The second-order valence-corrected chi connectivity index (χ2v) is 22.7. The molecule has 81 heavy (non-hydrogen) atoms. The van der Waals surface area contributed by atoms with Crippen molar-refractivity contribution in [2.75, 3.05) is 85.2 Å². The van der Waals surface area contributed by atoms with E-state index in [2.05, 4.69) is 90.8 Å². The maximum absolute atomic E-state index is 14.0. The molecule has 2 heterocycles. The maximum atomic E-state index is 14.0. The number of carbonyl (C=O) groups excluding carboxylic acids is 5. The van der Waals surface area contributed by atoms with Gasteiger partial charge in [-0.25, -0.2) is 14.4 Å². The van der Waals surface area contributed by atoms with Crippen LogP contribution in [0.15, 0.2) is 104 Å². The minimum Gasteiger partial charge on any atom is -0.444 e. The standard InChI is InChI=1S/C60H77N9O12/c1-59(2,3)81-57(75)62-26-14-8-6-7-9-19-51(70)63-40-21-23-44-48(36-40)60(46-17-12-10-15-42(46)53(44)43-16-11-13-18-47(43)60)25-24-52(71)67(4)27-29-77-31-33-79-34-32-78-30-28-68(5)55(73)50-37-41(65-66-61)38-69(50)54(72)39-20-22-45-49(35-39)64-58(76)80-56(45)74/h10-13,15-18,20-23,35-36,41-43,46-47,50,53H,6-9,14,19,24-34,37-38H2,1-5H3,(H,62,75)(H,63,70)(H,64,76)/t41-,42?,43?,46?,47?,50-,53?,60?/m0/s1. The normalized spacial score (nSPS) is 22.8. The van der Waals surface area contributed by atoms with Gasteiger partial charge in [-0.2, -0.15) is 0 Å². The molecule has 6 aliphatic rings. The predicted molar refractivity (Wildman–Crippen MR) is 304 cm³/mol. The highest BCUT2D eigenvalue weighted by molar-refractivity contribution is 6.00. The first-order chi connectivity index (χ1) is 39.0. The Labute approximate surface area is 471 Å². The van der Waals surface area contributed by atoms with Crippen molar-refractivity contribution in [2.45, 2.75) is 108 Å². The molecule has 1 aliphatic heterocycles. The fourth-order valence-electron chi connectivity index (χ4n) is 12.4. The Bertz CT molecular complexity index is 3030. The van der Waals surface area contributed by atoms with E-state index in [4.69, 9.17) is 24.5 Å². The van der Waals surface area contributed by atoms with Crippen LogP contribution in [0.2, 0.25) is 0 Å². The number of aromatic amines is 1. The molecule has 6 atom stereocenters. The summed E-state index contributed by atoms with van der Waals surface area (Å²) >= 11 is 0. The number of nitrogens with zero attached hydrogens (tertiary/aromatic N) is 6. The number of alkyl carbamates (subject to hydrolysis) is 1. The lowest BCUT2D eigenvalue weighted by atomic mass is 9.39. The molecule has 2 fully saturated rings. The van der Waals surface area contributed by atoms with Gasteiger partial charge in [-0.15, -0.1) is 0 Å². The first-order valence-electron chi connectivity index (χ1n) is 28.3. The molecule has 21 nitrogen and oxygen atoms in total. The zero-order valence-corrected chi connectivity index (χ0v) is 47.1. The maximum Gasteiger partial charge on any atom is 0.419 e. The average molecular weight is 1120 g/mol. The van der Waals surface area contributed by atoms with Gasteiger partial charge in [0.05, 0.1) is 56.6 Å². The van der Waals surface area contributed by atoms with Crippen molar-refractivity contribution in [1.29, 1.82) is 0 Å². The molecule has 21 heteroatoms. The van der Waals surface area contributed by atoms with Gasteiger partial charge in [-0.1, -0.05) is 79.1 Å². The van der Waals surface area contributed by atoms with Crippen molar-refractivity contribution < 1.29 is 47.3 Å². The van der Waals surface area contributed by atoms with Gasteiger partial charge in [-0.3, -0.25) is 24.2 Å². The van der Waals surface area contributed by atoms with Crippen LogP contribution in [0.1, 0.15) is 106 Å². The van der Waals surface area contributed by atoms with Gasteiger partial charge >= 0.3 is 17.5 Å². The number of nitrogens with one attached hydrogen (secondary N) is 3. The van der Waals surface area contributed by atoms with E-state index in [0.717, 1.165) is 37.8 Å². The van der Waals surface area contributed by atoms with Crippen molar-refractivity contribution in [3.8, 4) is 0 Å². The summed E-state index contributed by atoms with van der Waals surface area (Å²) < 4.78 is 27.2. The van der Waals surface area contributed by atoms with E-state index in [-0.39, 0.29) is 109 Å².